The number of nitrogens with zero attached hydrogens (tertiary/aromatic N) is 2. The van der Waals surface area contributed by atoms with Gasteiger partial charge in [-0.3, -0.25) is 0 Å². The summed E-state index contributed by atoms with van der Waals surface area (Å²) >= 11 is 7.06. The SMILES string of the molecule is CCOc1c(Br)cc(CNCc2ccncn2)cc1Br. The minimum absolute atomic E-state index is 0.641. The van der Waals surface area contributed by atoms with Crippen LogP contribution in [0.2, 0.25) is 0 Å². The van der Waals surface area contributed by atoms with Crippen molar-refractivity contribution in [3.63, 3.8) is 0 Å². The highest BCUT2D eigenvalue weighted by molar-refractivity contribution is 9.11. The molecule has 1 N–H and O–H groups in total. The maximum Gasteiger partial charge on any atom is 0.147 e. The highest BCUT2D eigenvalue weighted by Gasteiger charge is 2.08. The van der Waals surface area contributed by atoms with E-state index in [4.69, 9.17) is 4.74 Å². The van der Waals surface area contributed by atoms with Crippen LogP contribution in [0.25, 0.3) is 0 Å². The van der Waals surface area contributed by atoms with Gasteiger partial charge in [-0.15, -0.1) is 0 Å². The molecular formula is C14H15Br2N3O. The van der Waals surface area contributed by atoms with Gasteiger partial charge in [-0.25, -0.2) is 9.97 Å². The highest BCUT2D eigenvalue weighted by atomic mass is 79.9. The highest BCUT2D eigenvalue weighted by Crippen LogP contribution is 2.34. The molecule has 0 unspecified atom stereocenters. The Morgan fingerprint density at radius 2 is 1.95 bits per heavy atom. The number of nitrogens with one attached hydrogen (secondary N) is 1. The number of halogens is 2. The topological polar surface area (TPSA) is 47.0 Å². The van der Waals surface area contributed by atoms with Crippen molar-refractivity contribution in [2.24, 2.45) is 0 Å². The molecule has 0 saturated heterocycles. The van der Waals surface area contributed by atoms with Crippen LogP contribution in [0.15, 0.2) is 39.7 Å². The zero-order valence-corrected chi connectivity index (χ0v) is 14.2. The van der Waals surface area contributed by atoms with Gasteiger partial charge in [-0.05, 0) is 62.5 Å². The lowest BCUT2D eigenvalue weighted by atomic mass is 10.2. The van der Waals surface area contributed by atoms with E-state index in [1.54, 1.807) is 12.5 Å². The fourth-order valence-corrected chi connectivity index (χ4v) is 3.26. The van der Waals surface area contributed by atoms with Gasteiger partial charge in [0.15, 0.2) is 0 Å². The first-order chi connectivity index (χ1) is 9.70. The second-order valence-corrected chi connectivity index (χ2v) is 5.83. The molecule has 1 heterocycles. The lowest BCUT2D eigenvalue weighted by molar-refractivity contribution is 0.336. The summed E-state index contributed by atoms with van der Waals surface area (Å²) in [5.41, 5.74) is 2.14. The number of ether oxygens (including phenoxy) is 1. The van der Waals surface area contributed by atoms with Gasteiger partial charge >= 0.3 is 0 Å². The van der Waals surface area contributed by atoms with Crippen LogP contribution in [-0.4, -0.2) is 16.6 Å². The summed E-state index contributed by atoms with van der Waals surface area (Å²) < 4.78 is 7.47. The van der Waals surface area contributed by atoms with Crippen molar-refractivity contribution in [2.75, 3.05) is 6.61 Å². The van der Waals surface area contributed by atoms with Gasteiger partial charge in [0.25, 0.3) is 0 Å². The zero-order chi connectivity index (χ0) is 14.4. The third kappa shape index (κ3) is 4.26. The molecule has 2 rings (SSSR count). The first kappa shape index (κ1) is 15.4. The van der Waals surface area contributed by atoms with Crippen LogP contribution in [0.3, 0.4) is 0 Å². The Kier molecular flexibility index (Phi) is 5.94. The van der Waals surface area contributed by atoms with Gasteiger partial charge in [0, 0.05) is 19.3 Å². The first-order valence-corrected chi connectivity index (χ1v) is 7.85. The van der Waals surface area contributed by atoms with E-state index >= 15 is 0 Å². The van der Waals surface area contributed by atoms with Crippen LogP contribution < -0.4 is 10.1 Å². The average molecular weight is 401 g/mol. The van der Waals surface area contributed by atoms with E-state index in [0.29, 0.717) is 13.2 Å². The number of benzene rings is 1. The second-order valence-electron chi connectivity index (χ2n) is 4.13. The van der Waals surface area contributed by atoms with Crippen LogP contribution in [0.4, 0.5) is 0 Å². The van der Waals surface area contributed by atoms with Gasteiger partial charge in [0.1, 0.15) is 12.1 Å². The van der Waals surface area contributed by atoms with Gasteiger partial charge < -0.3 is 10.1 Å². The van der Waals surface area contributed by atoms with Crippen LogP contribution in [0.5, 0.6) is 5.75 Å². The largest absolute Gasteiger partial charge is 0.492 e. The number of rotatable bonds is 6. The summed E-state index contributed by atoms with van der Waals surface area (Å²) in [4.78, 5) is 8.07. The van der Waals surface area contributed by atoms with Gasteiger partial charge in [0.05, 0.1) is 21.2 Å². The third-order valence-corrected chi connectivity index (χ3v) is 3.80. The normalized spacial score (nSPS) is 10.6. The fourth-order valence-electron chi connectivity index (χ4n) is 1.75. The quantitative estimate of drug-likeness (QED) is 0.803. The van der Waals surface area contributed by atoms with Crippen molar-refractivity contribution in [2.45, 2.75) is 20.0 Å². The Balaban J connectivity index is 1.96. The van der Waals surface area contributed by atoms with E-state index in [-0.39, 0.29) is 0 Å². The minimum Gasteiger partial charge on any atom is -0.492 e. The smallest absolute Gasteiger partial charge is 0.147 e. The van der Waals surface area contributed by atoms with Crippen molar-refractivity contribution < 1.29 is 4.74 Å². The summed E-state index contributed by atoms with van der Waals surface area (Å²) in [6, 6.07) is 6.02. The molecule has 0 radical (unpaired) electrons. The zero-order valence-electron chi connectivity index (χ0n) is 11.1. The molecule has 0 aliphatic carbocycles. The van der Waals surface area contributed by atoms with Crippen LogP contribution >= 0.6 is 31.9 Å². The summed E-state index contributed by atoms with van der Waals surface area (Å²) in [6.45, 7) is 4.08. The molecule has 106 valence electrons. The summed E-state index contributed by atoms with van der Waals surface area (Å²) in [5, 5.41) is 3.35. The Morgan fingerprint density at radius 3 is 2.55 bits per heavy atom. The standard InChI is InChI=1S/C14H15Br2N3O/c1-2-20-14-12(15)5-10(6-13(14)16)7-18-8-11-3-4-17-9-19-11/h3-6,9,18H,2,7-8H2,1H3. The second kappa shape index (κ2) is 7.71. The Hall–Kier alpha value is -0.980. The van der Waals surface area contributed by atoms with Gasteiger partial charge in [-0.1, -0.05) is 0 Å². The Morgan fingerprint density at radius 1 is 1.20 bits per heavy atom. The predicted octanol–water partition coefficient (Wildman–Crippen LogP) is 3.69. The van der Waals surface area contributed by atoms with Crippen molar-refractivity contribution in [1.82, 2.24) is 15.3 Å². The van der Waals surface area contributed by atoms with E-state index < -0.39 is 0 Å². The molecule has 0 saturated carbocycles. The molecule has 0 aliphatic rings. The maximum absolute atomic E-state index is 5.57. The van der Waals surface area contributed by atoms with Gasteiger partial charge in [-0.2, -0.15) is 0 Å². The summed E-state index contributed by atoms with van der Waals surface area (Å²) in [6.07, 6.45) is 3.30. The number of hydrogen-bond donors (Lipinski definition) is 1. The van der Waals surface area contributed by atoms with Crippen molar-refractivity contribution in [3.05, 3.63) is 50.9 Å². The number of hydrogen-bond acceptors (Lipinski definition) is 4. The average Bonchev–Trinajstić information content (AvgIpc) is 2.44. The molecule has 0 bridgehead atoms. The molecule has 0 atom stereocenters. The first-order valence-electron chi connectivity index (χ1n) is 6.27. The summed E-state index contributed by atoms with van der Waals surface area (Å²) in [7, 11) is 0. The maximum atomic E-state index is 5.57. The summed E-state index contributed by atoms with van der Waals surface area (Å²) in [5.74, 6) is 0.840. The predicted molar refractivity (Wildman–Crippen MR) is 85.6 cm³/mol. The third-order valence-electron chi connectivity index (χ3n) is 2.63. The minimum atomic E-state index is 0.641. The Labute approximate surface area is 135 Å². The monoisotopic (exact) mass is 399 g/mol. The molecule has 0 amide bonds. The molecule has 0 aliphatic heterocycles. The van der Waals surface area contributed by atoms with Crippen molar-refractivity contribution >= 4 is 31.9 Å². The van der Waals surface area contributed by atoms with Gasteiger partial charge in [0.2, 0.25) is 0 Å². The van der Waals surface area contributed by atoms with E-state index in [1.807, 2.05) is 13.0 Å². The molecule has 20 heavy (non-hydrogen) atoms. The fraction of sp³-hybridized carbons (Fsp3) is 0.286. The molecule has 0 spiro atoms. The van der Waals surface area contributed by atoms with Crippen LogP contribution in [0.1, 0.15) is 18.2 Å². The Bertz CT molecular complexity index is 541. The molecule has 1 aromatic carbocycles. The molecule has 2 aromatic rings. The van der Waals surface area contributed by atoms with E-state index in [1.165, 1.54) is 5.56 Å². The van der Waals surface area contributed by atoms with Crippen molar-refractivity contribution in [1.29, 1.82) is 0 Å². The lowest BCUT2D eigenvalue weighted by Gasteiger charge is -2.11. The number of aromatic nitrogens is 2. The molecule has 4 nitrogen and oxygen atoms in total. The van der Waals surface area contributed by atoms with Crippen molar-refractivity contribution in [3.8, 4) is 5.75 Å². The molecule has 1 aromatic heterocycles. The van der Waals surface area contributed by atoms with E-state index in [2.05, 4.69) is 59.3 Å². The molecular weight excluding hydrogens is 386 g/mol. The lowest BCUT2D eigenvalue weighted by Crippen LogP contribution is -2.13. The van der Waals surface area contributed by atoms with Crippen LogP contribution in [-0.2, 0) is 13.1 Å². The van der Waals surface area contributed by atoms with E-state index in [0.717, 1.165) is 26.9 Å². The molecule has 6 heteroatoms. The van der Waals surface area contributed by atoms with E-state index in [9.17, 15) is 0 Å². The van der Waals surface area contributed by atoms with Crippen LogP contribution in [0, 0.1) is 0 Å². The molecule has 0 fully saturated rings.